The van der Waals surface area contributed by atoms with Crippen molar-refractivity contribution in [3.05, 3.63) is 59.4 Å². The lowest BCUT2D eigenvalue weighted by Gasteiger charge is -2.26. The summed E-state index contributed by atoms with van der Waals surface area (Å²) in [7, 11) is 0. The standard InChI is InChI=1S/C16H17N3O.ClH/c17-14-8-9-18-10-13(14)16(20)19-15-7-3-5-11-4-1-2-6-12(11)15;/h1-2,4,6,8-10,15H,3,5,7H2,(H2,17,18)(H,19,20);1H. The number of nitrogens with one attached hydrogen (secondary N) is 1. The first-order valence-corrected chi connectivity index (χ1v) is 6.84. The number of rotatable bonds is 2. The molecule has 0 aliphatic heterocycles. The first-order chi connectivity index (χ1) is 9.75. The molecule has 1 unspecified atom stereocenters. The first-order valence-electron chi connectivity index (χ1n) is 6.84. The molecule has 0 spiro atoms. The van der Waals surface area contributed by atoms with Gasteiger partial charge in [0, 0.05) is 18.1 Å². The van der Waals surface area contributed by atoms with Crippen LogP contribution in [0.15, 0.2) is 42.7 Å². The summed E-state index contributed by atoms with van der Waals surface area (Å²) in [6.45, 7) is 0. The van der Waals surface area contributed by atoms with Gasteiger partial charge in [-0.2, -0.15) is 0 Å². The average Bonchev–Trinajstić information content (AvgIpc) is 2.48. The molecule has 0 bridgehead atoms. The minimum Gasteiger partial charge on any atom is -0.398 e. The molecule has 110 valence electrons. The fourth-order valence-electron chi connectivity index (χ4n) is 2.73. The van der Waals surface area contributed by atoms with E-state index in [-0.39, 0.29) is 24.4 Å². The van der Waals surface area contributed by atoms with Gasteiger partial charge in [0.25, 0.3) is 5.91 Å². The second kappa shape index (κ2) is 6.59. The number of carbonyl (C=O) groups is 1. The van der Waals surface area contributed by atoms with Crippen molar-refractivity contribution in [3.63, 3.8) is 0 Å². The van der Waals surface area contributed by atoms with E-state index < -0.39 is 0 Å². The van der Waals surface area contributed by atoms with Gasteiger partial charge in [0.15, 0.2) is 0 Å². The number of halogens is 1. The molecule has 3 N–H and O–H groups in total. The van der Waals surface area contributed by atoms with Crippen molar-refractivity contribution < 1.29 is 4.79 Å². The molecule has 2 aromatic rings. The first kappa shape index (κ1) is 15.3. The number of hydrogen-bond donors (Lipinski definition) is 2. The fourth-order valence-corrected chi connectivity index (χ4v) is 2.73. The lowest BCUT2D eigenvalue weighted by Crippen LogP contribution is -2.31. The van der Waals surface area contributed by atoms with E-state index in [0.29, 0.717) is 11.3 Å². The Labute approximate surface area is 130 Å². The summed E-state index contributed by atoms with van der Waals surface area (Å²) in [5.41, 5.74) is 9.26. The lowest BCUT2D eigenvalue weighted by molar-refractivity contribution is 0.0933. The summed E-state index contributed by atoms with van der Waals surface area (Å²) in [5.74, 6) is -0.155. The molecule has 0 radical (unpaired) electrons. The van der Waals surface area contributed by atoms with Crippen molar-refractivity contribution in [2.45, 2.75) is 25.3 Å². The van der Waals surface area contributed by atoms with Crippen LogP contribution >= 0.6 is 12.4 Å². The number of nitrogens with zero attached hydrogens (tertiary/aromatic N) is 1. The number of aryl methyl sites for hydroxylation is 1. The molecule has 1 amide bonds. The SMILES string of the molecule is Cl.Nc1ccncc1C(=O)NC1CCCc2ccccc21. The molecule has 1 aromatic heterocycles. The Balaban J connectivity index is 0.00000161. The number of aromatic nitrogens is 1. The van der Waals surface area contributed by atoms with Crippen LogP contribution in [0.4, 0.5) is 5.69 Å². The zero-order chi connectivity index (χ0) is 13.9. The zero-order valence-electron chi connectivity index (χ0n) is 11.6. The minimum absolute atomic E-state index is 0. The van der Waals surface area contributed by atoms with Crippen LogP contribution in [0, 0.1) is 0 Å². The highest BCUT2D eigenvalue weighted by Crippen LogP contribution is 2.29. The maximum absolute atomic E-state index is 12.3. The molecule has 1 atom stereocenters. The van der Waals surface area contributed by atoms with Gasteiger partial charge in [0.2, 0.25) is 0 Å². The third kappa shape index (κ3) is 3.16. The van der Waals surface area contributed by atoms with Gasteiger partial charge in [-0.25, -0.2) is 0 Å². The van der Waals surface area contributed by atoms with Gasteiger partial charge >= 0.3 is 0 Å². The summed E-state index contributed by atoms with van der Waals surface area (Å²) in [5, 5.41) is 3.07. The second-order valence-corrected chi connectivity index (χ2v) is 5.08. The molecule has 4 nitrogen and oxygen atoms in total. The maximum atomic E-state index is 12.3. The predicted molar refractivity (Wildman–Crippen MR) is 85.5 cm³/mol. The number of carbonyl (C=O) groups excluding carboxylic acids is 1. The molecule has 0 fully saturated rings. The van der Waals surface area contributed by atoms with Crippen molar-refractivity contribution in [1.82, 2.24) is 10.3 Å². The molecule has 3 rings (SSSR count). The quantitative estimate of drug-likeness (QED) is 0.896. The van der Waals surface area contributed by atoms with E-state index in [1.54, 1.807) is 12.3 Å². The number of nitrogens with two attached hydrogens (primary N) is 1. The van der Waals surface area contributed by atoms with E-state index in [2.05, 4.69) is 22.4 Å². The van der Waals surface area contributed by atoms with Crippen LogP contribution in [0.3, 0.4) is 0 Å². The largest absolute Gasteiger partial charge is 0.398 e. The molecule has 1 aromatic carbocycles. The molecule has 5 heteroatoms. The Morgan fingerprint density at radius 2 is 2.10 bits per heavy atom. The van der Waals surface area contributed by atoms with E-state index in [4.69, 9.17) is 5.73 Å². The Morgan fingerprint density at radius 3 is 2.90 bits per heavy atom. The van der Waals surface area contributed by atoms with E-state index in [1.807, 2.05) is 12.1 Å². The van der Waals surface area contributed by atoms with Crippen molar-refractivity contribution in [2.75, 3.05) is 5.73 Å². The maximum Gasteiger partial charge on any atom is 0.255 e. The van der Waals surface area contributed by atoms with Gasteiger partial charge in [0.1, 0.15) is 0 Å². The number of amides is 1. The molecular formula is C16H18ClN3O. The van der Waals surface area contributed by atoms with Crippen LogP contribution in [0.25, 0.3) is 0 Å². The minimum atomic E-state index is -0.155. The molecule has 1 aliphatic carbocycles. The van der Waals surface area contributed by atoms with Crippen LogP contribution < -0.4 is 11.1 Å². The van der Waals surface area contributed by atoms with Crippen LogP contribution in [0.2, 0.25) is 0 Å². The number of benzene rings is 1. The van der Waals surface area contributed by atoms with Gasteiger partial charge in [-0.3, -0.25) is 9.78 Å². The number of fused-ring (bicyclic) bond motifs is 1. The zero-order valence-corrected chi connectivity index (χ0v) is 12.4. The molecular weight excluding hydrogens is 286 g/mol. The van der Waals surface area contributed by atoms with E-state index in [9.17, 15) is 4.79 Å². The smallest absolute Gasteiger partial charge is 0.255 e. The lowest BCUT2D eigenvalue weighted by atomic mass is 9.87. The highest BCUT2D eigenvalue weighted by atomic mass is 35.5. The second-order valence-electron chi connectivity index (χ2n) is 5.08. The fraction of sp³-hybridized carbons (Fsp3) is 0.250. The van der Waals surface area contributed by atoms with Crippen molar-refractivity contribution in [2.24, 2.45) is 0 Å². The Morgan fingerprint density at radius 1 is 1.29 bits per heavy atom. The molecule has 0 saturated carbocycles. The predicted octanol–water partition coefficient (Wildman–Crippen LogP) is 2.89. The van der Waals surface area contributed by atoms with Crippen molar-refractivity contribution >= 4 is 24.0 Å². The van der Waals surface area contributed by atoms with Gasteiger partial charge in [0.05, 0.1) is 11.6 Å². The molecule has 21 heavy (non-hydrogen) atoms. The van der Waals surface area contributed by atoms with Crippen LogP contribution in [-0.4, -0.2) is 10.9 Å². The van der Waals surface area contributed by atoms with Crippen LogP contribution in [0.5, 0.6) is 0 Å². The van der Waals surface area contributed by atoms with E-state index in [1.165, 1.54) is 17.3 Å². The third-order valence-electron chi connectivity index (χ3n) is 3.77. The normalized spacial score (nSPS) is 16.5. The summed E-state index contributed by atoms with van der Waals surface area (Å²) < 4.78 is 0. The number of nitrogen functional groups attached to an aromatic ring is 1. The average molecular weight is 304 g/mol. The molecule has 1 heterocycles. The Hall–Kier alpha value is -2.07. The highest BCUT2D eigenvalue weighted by Gasteiger charge is 2.22. The Bertz CT molecular complexity index is 645. The van der Waals surface area contributed by atoms with Crippen LogP contribution in [0.1, 0.15) is 40.4 Å². The number of anilines is 1. The van der Waals surface area contributed by atoms with Gasteiger partial charge < -0.3 is 11.1 Å². The van der Waals surface area contributed by atoms with Crippen molar-refractivity contribution in [3.8, 4) is 0 Å². The number of hydrogen-bond acceptors (Lipinski definition) is 3. The Kier molecular flexibility index (Phi) is 4.81. The van der Waals surface area contributed by atoms with E-state index >= 15 is 0 Å². The van der Waals surface area contributed by atoms with Gasteiger partial charge in [-0.05, 0) is 36.5 Å². The van der Waals surface area contributed by atoms with E-state index in [0.717, 1.165) is 19.3 Å². The summed E-state index contributed by atoms with van der Waals surface area (Å²) in [6, 6.07) is 9.98. The third-order valence-corrected chi connectivity index (χ3v) is 3.77. The summed E-state index contributed by atoms with van der Waals surface area (Å²) in [6.07, 6.45) is 6.23. The summed E-state index contributed by atoms with van der Waals surface area (Å²) in [4.78, 5) is 16.3. The number of pyridine rings is 1. The monoisotopic (exact) mass is 303 g/mol. The molecule has 1 aliphatic rings. The molecule has 0 saturated heterocycles. The van der Waals surface area contributed by atoms with Crippen molar-refractivity contribution in [1.29, 1.82) is 0 Å². The topological polar surface area (TPSA) is 68.0 Å². The summed E-state index contributed by atoms with van der Waals surface area (Å²) >= 11 is 0. The van der Waals surface area contributed by atoms with Gasteiger partial charge in [-0.1, -0.05) is 24.3 Å². The van der Waals surface area contributed by atoms with Gasteiger partial charge in [-0.15, -0.1) is 12.4 Å². The van der Waals surface area contributed by atoms with Crippen LogP contribution in [-0.2, 0) is 6.42 Å². The highest BCUT2D eigenvalue weighted by molar-refractivity contribution is 5.98.